The third kappa shape index (κ3) is 3.45. The van der Waals surface area contributed by atoms with E-state index in [0.717, 1.165) is 24.4 Å². The summed E-state index contributed by atoms with van der Waals surface area (Å²) in [6.07, 6.45) is 11.3. The second-order valence-corrected chi connectivity index (χ2v) is 6.12. The van der Waals surface area contributed by atoms with Gasteiger partial charge in [-0.1, -0.05) is 26.2 Å². The van der Waals surface area contributed by atoms with Crippen LogP contribution in [0.3, 0.4) is 0 Å². The van der Waals surface area contributed by atoms with Gasteiger partial charge in [0.2, 0.25) is 0 Å². The molecule has 0 aromatic carbocycles. The second kappa shape index (κ2) is 6.75. The molecule has 0 radical (unpaired) electrons. The average Bonchev–Trinajstić information content (AvgIpc) is 2.70. The van der Waals surface area contributed by atoms with E-state index in [0.29, 0.717) is 0 Å². The second-order valence-electron chi connectivity index (χ2n) is 6.12. The van der Waals surface area contributed by atoms with Crippen molar-refractivity contribution in [1.29, 1.82) is 0 Å². The maximum atomic E-state index is 5.92. The Balaban J connectivity index is 1.85. The van der Waals surface area contributed by atoms with Crippen molar-refractivity contribution in [2.75, 3.05) is 19.6 Å². The van der Waals surface area contributed by atoms with Crippen LogP contribution in [-0.4, -0.2) is 30.6 Å². The quantitative estimate of drug-likeness (QED) is 0.816. The van der Waals surface area contributed by atoms with Crippen LogP contribution in [0.15, 0.2) is 0 Å². The fourth-order valence-electron chi connectivity index (χ4n) is 3.99. The highest BCUT2D eigenvalue weighted by Gasteiger charge is 2.31. The number of hydrogen-bond donors (Lipinski definition) is 1. The summed E-state index contributed by atoms with van der Waals surface area (Å²) in [5.74, 6) is 1.79. The van der Waals surface area contributed by atoms with Crippen LogP contribution in [0.5, 0.6) is 0 Å². The Hall–Kier alpha value is -0.0800. The van der Waals surface area contributed by atoms with Crippen LogP contribution in [0.2, 0.25) is 0 Å². The molecule has 1 saturated carbocycles. The Morgan fingerprint density at radius 3 is 2.71 bits per heavy atom. The van der Waals surface area contributed by atoms with Crippen LogP contribution in [0.25, 0.3) is 0 Å². The van der Waals surface area contributed by atoms with E-state index in [-0.39, 0.29) is 0 Å². The molecule has 0 bridgehead atoms. The zero-order valence-corrected chi connectivity index (χ0v) is 11.5. The van der Waals surface area contributed by atoms with Crippen molar-refractivity contribution in [3.63, 3.8) is 0 Å². The van der Waals surface area contributed by atoms with Gasteiger partial charge in [0.05, 0.1) is 0 Å². The van der Waals surface area contributed by atoms with Crippen molar-refractivity contribution >= 4 is 0 Å². The molecule has 2 rings (SSSR count). The van der Waals surface area contributed by atoms with E-state index in [1.54, 1.807) is 0 Å². The Morgan fingerprint density at radius 2 is 1.94 bits per heavy atom. The van der Waals surface area contributed by atoms with E-state index in [2.05, 4.69) is 11.8 Å². The standard InChI is InChI=1S/C15H30N2/c1-2-5-13-6-4-10-17(11-9-13)15-8-3-7-14(15)12-16/h13-15H,2-12,16H2,1H3. The van der Waals surface area contributed by atoms with Crippen LogP contribution in [0.4, 0.5) is 0 Å². The highest BCUT2D eigenvalue weighted by Crippen LogP contribution is 2.32. The van der Waals surface area contributed by atoms with Gasteiger partial charge in [-0.05, 0) is 63.6 Å². The van der Waals surface area contributed by atoms with Crippen molar-refractivity contribution in [3.05, 3.63) is 0 Å². The van der Waals surface area contributed by atoms with E-state index in [9.17, 15) is 0 Å². The molecule has 3 atom stereocenters. The van der Waals surface area contributed by atoms with Crippen LogP contribution in [0, 0.1) is 11.8 Å². The molecule has 3 unspecified atom stereocenters. The maximum Gasteiger partial charge on any atom is 0.0136 e. The normalized spacial score (nSPS) is 36.0. The molecule has 0 amide bonds. The fourth-order valence-corrected chi connectivity index (χ4v) is 3.99. The third-order valence-corrected chi connectivity index (χ3v) is 4.97. The lowest BCUT2D eigenvalue weighted by molar-refractivity contribution is 0.166. The van der Waals surface area contributed by atoms with Gasteiger partial charge in [-0.15, -0.1) is 0 Å². The molecule has 2 heteroatoms. The first kappa shape index (κ1) is 13.4. The Morgan fingerprint density at radius 1 is 1.06 bits per heavy atom. The first-order valence-electron chi connectivity index (χ1n) is 7.79. The summed E-state index contributed by atoms with van der Waals surface area (Å²) in [5, 5.41) is 0. The molecule has 17 heavy (non-hydrogen) atoms. The van der Waals surface area contributed by atoms with Gasteiger partial charge in [-0.2, -0.15) is 0 Å². The lowest BCUT2D eigenvalue weighted by Crippen LogP contribution is -2.40. The number of nitrogens with two attached hydrogens (primary N) is 1. The summed E-state index contributed by atoms with van der Waals surface area (Å²) in [6.45, 7) is 5.90. The van der Waals surface area contributed by atoms with Crippen LogP contribution in [0.1, 0.15) is 58.3 Å². The Bertz CT molecular complexity index is 217. The summed E-state index contributed by atoms with van der Waals surface area (Å²) < 4.78 is 0. The van der Waals surface area contributed by atoms with E-state index < -0.39 is 0 Å². The molecular formula is C15H30N2. The van der Waals surface area contributed by atoms with Crippen molar-refractivity contribution < 1.29 is 0 Å². The topological polar surface area (TPSA) is 29.3 Å². The zero-order chi connectivity index (χ0) is 12.1. The van der Waals surface area contributed by atoms with Crippen molar-refractivity contribution in [2.45, 2.75) is 64.3 Å². The third-order valence-electron chi connectivity index (χ3n) is 4.97. The zero-order valence-electron chi connectivity index (χ0n) is 11.5. The summed E-state index contributed by atoms with van der Waals surface area (Å²) in [5.41, 5.74) is 5.92. The summed E-state index contributed by atoms with van der Waals surface area (Å²) >= 11 is 0. The van der Waals surface area contributed by atoms with Gasteiger partial charge >= 0.3 is 0 Å². The minimum Gasteiger partial charge on any atom is -0.330 e. The molecule has 1 saturated heterocycles. The van der Waals surface area contributed by atoms with Gasteiger partial charge in [0.25, 0.3) is 0 Å². The summed E-state index contributed by atoms with van der Waals surface area (Å²) in [4.78, 5) is 2.78. The predicted molar refractivity (Wildman–Crippen MR) is 74.0 cm³/mol. The predicted octanol–water partition coefficient (Wildman–Crippen LogP) is 3.02. The van der Waals surface area contributed by atoms with Gasteiger partial charge in [0.1, 0.15) is 0 Å². The summed E-state index contributed by atoms with van der Waals surface area (Å²) in [6, 6.07) is 0.820. The molecule has 0 aromatic rings. The molecule has 0 aromatic heterocycles. The van der Waals surface area contributed by atoms with E-state index in [1.807, 2.05) is 0 Å². The average molecular weight is 238 g/mol. The van der Waals surface area contributed by atoms with Crippen LogP contribution in [-0.2, 0) is 0 Å². The smallest absolute Gasteiger partial charge is 0.0136 e. The molecule has 0 spiro atoms. The van der Waals surface area contributed by atoms with E-state index in [4.69, 9.17) is 5.73 Å². The first-order chi connectivity index (χ1) is 8.35. The monoisotopic (exact) mass is 238 g/mol. The lowest BCUT2D eigenvalue weighted by atomic mass is 9.96. The summed E-state index contributed by atoms with van der Waals surface area (Å²) in [7, 11) is 0. The highest BCUT2D eigenvalue weighted by atomic mass is 15.2. The highest BCUT2D eigenvalue weighted by molar-refractivity contribution is 4.87. The molecule has 1 aliphatic heterocycles. The maximum absolute atomic E-state index is 5.92. The van der Waals surface area contributed by atoms with Crippen LogP contribution >= 0.6 is 0 Å². The van der Waals surface area contributed by atoms with Crippen LogP contribution < -0.4 is 5.73 Å². The van der Waals surface area contributed by atoms with Crippen molar-refractivity contribution in [3.8, 4) is 0 Å². The number of rotatable bonds is 4. The molecule has 2 nitrogen and oxygen atoms in total. The minimum atomic E-state index is 0.790. The van der Waals surface area contributed by atoms with Gasteiger partial charge in [-0.25, -0.2) is 0 Å². The number of hydrogen-bond acceptors (Lipinski definition) is 2. The Kier molecular flexibility index (Phi) is 5.30. The Labute approximate surface area is 107 Å². The van der Waals surface area contributed by atoms with Crippen molar-refractivity contribution in [2.24, 2.45) is 17.6 Å². The molecule has 100 valence electrons. The van der Waals surface area contributed by atoms with E-state index in [1.165, 1.54) is 64.5 Å². The molecule has 2 aliphatic rings. The van der Waals surface area contributed by atoms with Gasteiger partial charge < -0.3 is 10.6 Å². The first-order valence-corrected chi connectivity index (χ1v) is 7.79. The number of likely N-dealkylation sites (tertiary alicyclic amines) is 1. The molecule has 1 aliphatic carbocycles. The molecular weight excluding hydrogens is 208 g/mol. The minimum absolute atomic E-state index is 0.790. The molecule has 1 heterocycles. The number of nitrogens with zero attached hydrogens (tertiary/aromatic N) is 1. The lowest BCUT2D eigenvalue weighted by Gasteiger charge is -2.31. The van der Waals surface area contributed by atoms with E-state index >= 15 is 0 Å². The molecule has 2 N–H and O–H groups in total. The van der Waals surface area contributed by atoms with Gasteiger partial charge in [0.15, 0.2) is 0 Å². The fraction of sp³-hybridized carbons (Fsp3) is 1.00. The molecule has 2 fully saturated rings. The largest absolute Gasteiger partial charge is 0.330 e. The SMILES string of the molecule is CCCC1CCCN(C2CCCC2CN)CC1. The van der Waals surface area contributed by atoms with Gasteiger partial charge in [0, 0.05) is 6.04 Å². The van der Waals surface area contributed by atoms with Gasteiger partial charge in [-0.3, -0.25) is 0 Å². The van der Waals surface area contributed by atoms with Crippen molar-refractivity contribution in [1.82, 2.24) is 4.90 Å².